The molecule has 1 aromatic rings. The Bertz CT molecular complexity index is 273. The Morgan fingerprint density at radius 3 is 2.85 bits per heavy atom. The number of hydrogen-bond donors (Lipinski definition) is 0. The van der Waals surface area contributed by atoms with Crippen molar-refractivity contribution >= 4 is 0 Å². The van der Waals surface area contributed by atoms with Crippen LogP contribution in [0.5, 0.6) is 0 Å². The van der Waals surface area contributed by atoms with Crippen LogP contribution in [0.3, 0.4) is 0 Å². The molecule has 0 saturated heterocycles. The predicted molar refractivity (Wildman–Crippen MR) is 54.7 cm³/mol. The molecule has 1 aliphatic carbocycles. The van der Waals surface area contributed by atoms with E-state index in [1.807, 2.05) is 6.20 Å². The van der Waals surface area contributed by atoms with Gasteiger partial charge in [0.2, 0.25) is 0 Å². The lowest BCUT2D eigenvalue weighted by atomic mass is 9.85. The van der Waals surface area contributed by atoms with E-state index >= 15 is 0 Å². The summed E-state index contributed by atoms with van der Waals surface area (Å²) in [5, 5.41) is 0. The summed E-state index contributed by atoms with van der Waals surface area (Å²) >= 11 is 0. The molecule has 0 saturated carbocycles. The van der Waals surface area contributed by atoms with Crippen LogP contribution < -0.4 is 0 Å². The van der Waals surface area contributed by atoms with Gasteiger partial charge < -0.3 is 0 Å². The highest BCUT2D eigenvalue weighted by Gasteiger charge is 2.22. The van der Waals surface area contributed by atoms with Gasteiger partial charge in [0.1, 0.15) is 0 Å². The third-order valence-electron chi connectivity index (χ3n) is 3.09. The number of nitrogens with zero attached hydrogens (tertiary/aromatic N) is 1. The maximum atomic E-state index is 4.44. The van der Waals surface area contributed by atoms with Crippen molar-refractivity contribution in [2.24, 2.45) is 5.41 Å². The average Bonchev–Trinajstić information content (AvgIpc) is 2.27. The molecule has 0 N–H and O–H groups in total. The topological polar surface area (TPSA) is 12.9 Å². The van der Waals surface area contributed by atoms with Gasteiger partial charge in [0, 0.05) is 11.9 Å². The minimum Gasteiger partial charge on any atom is -0.261 e. The summed E-state index contributed by atoms with van der Waals surface area (Å²) in [5.41, 5.74) is 3.29. The van der Waals surface area contributed by atoms with Gasteiger partial charge in [-0.15, -0.1) is 0 Å². The minimum absolute atomic E-state index is 0.501. The van der Waals surface area contributed by atoms with Gasteiger partial charge in [-0.3, -0.25) is 4.98 Å². The molecule has 1 heterocycles. The first-order chi connectivity index (χ1) is 6.17. The van der Waals surface area contributed by atoms with Gasteiger partial charge in [-0.1, -0.05) is 19.9 Å². The monoisotopic (exact) mass is 175 g/mol. The smallest absolute Gasteiger partial charge is 0.0435 e. The van der Waals surface area contributed by atoms with E-state index < -0.39 is 0 Å². The second-order valence-electron chi connectivity index (χ2n) is 4.77. The molecule has 1 heteroatoms. The van der Waals surface area contributed by atoms with Crippen LogP contribution in [0.4, 0.5) is 0 Å². The number of aryl methyl sites for hydroxylation is 2. The standard InChI is InChI=1S/C12H17N/c1-12(2)7-5-10-4-3-9-13-11(10)6-8-12/h3-4,9H,5-8H2,1-2H3. The van der Waals surface area contributed by atoms with Crippen molar-refractivity contribution in [2.45, 2.75) is 39.5 Å². The zero-order valence-corrected chi connectivity index (χ0v) is 8.51. The lowest BCUT2D eigenvalue weighted by Crippen LogP contribution is -2.10. The molecule has 0 bridgehead atoms. The van der Waals surface area contributed by atoms with Gasteiger partial charge in [0.05, 0.1) is 0 Å². The molecule has 70 valence electrons. The summed E-state index contributed by atoms with van der Waals surface area (Å²) in [6.45, 7) is 4.72. The summed E-state index contributed by atoms with van der Waals surface area (Å²) in [6, 6.07) is 4.28. The molecule has 0 spiro atoms. The highest BCUT2D eigenvalue weighted by Crippen LogP contribution is 2.32. The van der Waals surface area contributed by atoms with E-state index in [1.54, 1.807) is 0 Å². The molecule has 0 fully saturated rings. The molecule has 1 aromatic heterocycles. The molecule has 0 atom stereocenters. The Balaban J connectivity index is 2.27. The van der Waals surface area contributed by atoms with Crippen molar-refractivity contribution in [1.29, 1.82) is 0 Å². The average molecular weight is 175 g/mol. The Morgan fingerprint density at radius 2 is 2.00 bits per heavy atom. The highest BCUT2D eigenvalue weighted by molar-refractivity contribution is 5.21. The molecule has 0 amide bonds. The van der Waals surface area contributed by atoms with E-state index in [1.165, 1.54) is 30.5 Å². The lowest BCUT2D eigenvalue weighted by Gasteiger charge is -2.21. The number of rotatable bonds is 0. The van der Waals surface area contributed by atoms with E-state index in [2.05, 4.69) is 31.0 Å². The van der Waals surface area contributed by atoms with Gasteiger partial charge in [0.15, 0.2) is 0 Å². The number of pyridine rings is 1. The van der Waals surface area contributed by atoms with Crippen LogP contribution in [-0.2, 0) is 12.8 Å². The third-order valence-corrected chi connectivity index (χ3v) is 3.09. The molecule has 2 rings (SSSR count). The van der Waals surface area contributed by atoms with Crippen molar-refractivity contribution in [3.8, 4) is 0 Å². The van der Waals surface area contributed by atoms with Gasteiger partial charge in [-0.05, 0) is 42.7 Å². The Hall–Kier alpha value is -0.850. The zero-order chi connectivity index (χ0) is 9.31. The molecule has 0 radical (unpaired) electrons. The van der Waals surface area contributed by atoms with Gasteiger partial charge in [-0.25, -0.2) is 0 Å². The van der Waals surface area contributed by atoms with E-state index in [9.17, 15) is 0 Å². The van der Waals surface area contributed by atoms with Crippen molar-refractivity contribution in [3.63, 3.8) is 0 Å². The fraction of sp³-hybridized carbons (Fsp3) is 0.583. The summed E-state index contributed by atoms with van der Waals surface area (Å²) in [5.74, 6) is 0. The van der Waals surface area contributed by atoms with Crippen LogP contribution in [0.25, 0.3) is 0 Å². The highest BCUT2D eigenvalue weighted by atomic mass is 14.7. The van der Waals surface area contributed by atoms with Crippen LogP contribution >= 0.6 is 0 Å². The molecular formula is C12H17N. The molecule has 1 nitrogen and oxygen atoms in total. The normalized spacial score (nSPS) is 20.5. The van der Waals surface area contributed by atoms with Crippen molar-refractivity contribution in [2.75, 3.05) is 0 Å². The quantitative estimate of drug-likeness (QED) is 0.552. The lowest BCUT2D eigenvalue weighted by molar-refractivity contribution is 0.317. The number of aromatic nitrogens is 1. The largest absolute Gasteiger partial charge is 0.261 e. The van der Waals surface area contributed by atoms with Crippen LogP contribution in [0.1, 0.15) is 37.9 Å². The third kappa shape index (κ3) is 1.90. The summed E-state index contributed by atoms with van der Waals surface area (Å²) in [7, 11) is 0. The van der Waals surface area contributed by atoms with Crippen LogP contribution in [-0.4, -0.2) is 4.98 Å². The Labute approximate surface area is 80.2 Å². The maximum absolute atomic E-state index is 4.44. The zero-order valence-electron chi connectivity index (χ0n) is 8.51. The second kappa shape index (κ2) is 3.13. The van der Waals surface area contributed by atoms with Crippen molar-refractivity contribution in [3.05, 3.63) is 29.6 Å². The first-order valence-corrected chi connectivity index (χ1v) is 5.10. The molecule has 0 unspecified atom stereocenters. The van der Waals surface area contributed by atoms with Crippen LogP contribution in [0.15, 0.2) is 18.3 Å². The first kappa shape index (κ1) is 8.74. The fourth-order valence-corrected chi connectivity index (χ4v) is 1.98. The predicted octanol–water partition coefficient (Wildman–Crippen LogP) is 2.99. The summed E-state index contributed by atoms with van der Waals surface area (Å²) in [4.78, 5) is 4.44. The van der Waals surface area contributed by atoms with Crippen LogP contribution in [0.2, 0.25) is 0 Å². The van der Waals surface area contributed by atoms with E-state index in [-0.39, 0.29) is 0 Å². The van der Waals surface area contributed by atoms with Gasteiger partial charge >= 0.3 is 0 Å². The van der Waals surface area contributed by atoms with Crippen LogP contribution in [0, 0.1) is 5.41 Å². The number of fused-ring (bicyclic) bond motifs is 1. The Kier molecular flexibility index (Phi) is 2.10. The SMILES string of the molecule is CC1(C)CCc2cccnc2CC1. The molecule has 13 heavy (non-hydrogen) atoms. The van der Waals surface area contributed by atoms with E-state index in [4.69, 9.17) is 0 Å². The molecular weight excluding hydrogens is 158 g/mol. The minimum atomic E-state index is 0.501. The van der Waals surface area contributed by atoms with Crippen molar-refractivity contribution < 1.29 is 0 Å². The van der Waals surface area contributed by atoms with Gasteiger partial charge in [-0.2, -0.15) is 0 Å². The maximum Gasteiger partial charge on any atom is 0.0435 e. The van der Waals surface area contributed by atoms with Gasteiger partial charge in [0.25, 0.3) is 0 Å². The summed E-state index contributed by atoms with van der Waals surface area (Å²) < 4.78 is 0. The van der Waals surface area contributed by atoms with Crippen molar-refractivity contribution in [1.82, 2.24) is 4.98 Å². The first-order valence-electron chi connectivity index (χ1n) is 5.10. The summed E-state index contributed by atoms with van der Waals surface area (Å²) in [6.07, 6.45) is 6.85. The molecule has 0 aromatic carbocycles. The molecule has 0 aliphatic heterocycles. The number of hydrogen-bond acceptors (Lipinski definition) is 1. The molecule has 1 aliphatic rings. The van der Waals surface area contributed by atoms with E-state index in [0.717, 1.165) is 6.42 Å². The van der Waals surface area contributed by atoms with E-state index in [0.29, 0.717) is 5.41 Å². The fourth-order valence-electron chi connectivity index (χ4n) is 1.98. The Morgan fingerprint density at radius 1 is 1.23 bits per heavy atom. The second-order valence-corrected chi connectivity index (χ2v) is 4.77.